The van der Waals surface area contributed by atoms with Gasteiger partial charge >= 0.3 is 0 Å². The molecule has 1 aliphatic rings. The Labute approximate surface area is 176 Å². The molecule has 1 saturated heterocycles. The van der Waals surface area contributed by atoms with E-state index in [9.17, 15) is 4.79 Å². The van der Waals surface area contributed by atoms with Crippen molar-refractivity contribution in [3.05, 3.63) is 0 Å². The predicted octanol–water partition coefficient (Wildman–Crippen LogP) is 6.61. The number of methoxy groups -OCH3 is 1. The van der Waals surface area contributed by atoms with E-state index in [1.165, 1.54) is 57.8 Å². The zero-order valence-corrected chi connectivity index (χ0v) is 17.9. The summed E-state index contributed by atoms with van der Waals surface area (Å²) in [6.07, 6.45) is 14.7. The van der Waals surface area contributed by atoms with Crippen LogP contribution >= 0.6 is 0 Å². The van der Waals surface area contributed by atoms with Gasteiger partial charge in [0.2, 0.25) is 5.91 Å². The molecule has 1 rings (SSSR count). The first-order valence-electron chi connectivity index (χ1n) is 10.9. The molecule has 1 fully saturated rings. The van der Waals surface area contributed by atoms with Crippen molar-refractivity contribution in [2.45, 2.75) is 124 Å². The first-order chi connectivity index (χ1) is 12.5. The van der Waals surface area contributed by atoms with Gasteiger partial charge in [-0.2, -0.15) is 0 Å². The molecule has 0 spiro atoms. The molecular formula is C24H51NO3. The van der Waals surface area contributed by atoms with Crippen molar-refractivity contribution >= 4 is 5.91 Å². The molecule has 0 N–H and O–H groups in total. The second-order valence-electron chi connectivity index (χ2n) is 8.35. The highest BCUT2D eigenvalue weighted by Crippen LogP contribution is 2.25. The fourth-order valence-corrected chi connectivity index (χ4v) is 3.67. The van der Waals surface area contributed by atoms with Crippen LogP contribution in [0.1, 0.15) is 113 Å². The fourth-order valence-electron chi connectivity index (χ4n) is 3.67. The van der Waals surface area contributed by atoms with Gasteiger partial charge in [-0.3, -0.25) is 4.79 Å². The molecule has 1 aliphatic heterocycles. The van der Waals surface area contributed by atoms with Crippen molar-refractivity contribution in [1.29, 1.82) is 0 Å². The summed E-state index contributed by atoms with van der Waals surface area (Å²) in [5, 5.41) is 0. The minimum atomic E-state index is -0.261. The number of ether oxygens (including phenoxy) is 2. The predicted molar refractivity (Wildman–Crippen MR) is 122 cm³/mol. The van der Waals surface area contributed by atoms with E-state index in [4.69, 9.17) is 9.47 Å². The molecule has 1 heterocycles. The first kappa shape index (κ1) is 29.6. The molecule has 0 aromatic carbocycles. The lowest BCUT2D eigenvalue weighted by Gasteiger charge is -2.38. The number of rotatable bonds is 16. The van der Waals surface area contributed by atoms with Gasteiger partial charge in [-0.25, -0.2) is 0 Å². The number of carbonyl (C=O) groups excluding carboxylic acids is 1. The normalized spacial score (nSPS) is 15.3. The van der Waals surface area contributed by atoms with E-state index < -0.39 is 0 Å². The molecule has 0 aliphatic carbocycles. The third-order valence-corrected chi connectivity index (χ3v) is 5.80. The van der Waals surface area contributed by atoms with E-state index in [1.54, 1.807) is 7.11 Å². The molecular weight excluding hydrogens is 350 g/mol. The summed E-state index contributed by atoms with van der Waals surface area (Å²) in [6, 6.07) is 0.154. The molecule has 4 nitrogen and oxygen atoms in total. The van der Waals surface area contributed by atoms with Crippen molar-refractivity contribution < 1.29 is 14.3 Å². The summed E-state index contributed by atoms with van der Waals surface area (Å²) < 4.78 is 11.2. The van der Waals surface area contributed by atoms with Gasteiger partial charge < -0.3 is 14.4 Å². The van der Waals surface area contributed by atoms with Crippen molar-refractivity contribution in [3.63, 3.8) is 0 Å². The van der Waals surface area contributed by atoms with Crippen LogP contribution in [0.5, 0.6) is 0 Å². The van der Waals surface area contributed by atoms with Gasteiger partial charge in [-0.1, -0.05) is 66.2 Å². The SMILES string of the molecule is C.C.COCCCCCCCCCCCCOC(C)(C)C(C)N1CCCC1=O. The Morgan fingerprint density at radius 3 is 1.79 bits per heavy atom. The monoisotopic (exact) mass is 401 g/mol. The number of unbranched alkanes of at least 4 members (excludes halogenated alkanes) is 9. The number of likely N-dealkylation sites (tertiary alicyclic amines) is 1. The minimum Gasteiger partial charge on any atom is -0.385 e. The van der Waals surface area contributed by atoms with E-state index in [1.807, 2.05) is 4.90 Å². The maximum Gasteiger partial charge on any atom is 0.222 e. The van der Waals surface area contributed by atoms with Crippen molar-refractivity contribution in [1.82, 2.24) is 4.90 Å². The summed E-state index contributed by atoms with van der Waals surface area (Å²) >= 11 is 0. The average molecular weight is 402 g/mol. The zero-order chi connectivity index (χ0) is 19.3. The van der Waals surface area contributed by atoms with Gasteiger partial charge in [0.1, 0.15) is 0 Å². The maximum atomic E-state index is 11.9. The van der Waals surface area contributed by atoms with Crippen LogP contribution in [0.2, 0.25) is 0 Å². The third kappa shape index (κ3) is 12.1. The molecule has 0 aromatic heterocycles. The van der Waals surface area contributed by atoms with Crippen LogP contribution in [0.3, 0.4) is 0 Å². The van der Waals surface area contributed by atoms with E-state index in [2.05, 4.69) is 20.8 Å². The fraction of sp³-hybridized carbons (Fsp3) is 0.958. The molecule has 4 heteroatoms. The van der Waals surface area contributed by atoms with Crippen LogP contribution in [0.25, 0.3) is 0 Å². The highest BCUT2D eigenvalue weighted by molar-refractivity contribution is 5.78. The van der Waals surface area contributed by atoms with Crippen LogP contribution in [0, 0.1) is 0 Å². The number of nitrogens with zero attached hydrogens (tertiary/aromatic N) is 1. The van der Waals surface area contributed by atoms with E-state index >= 15 is 0 Å². The van der Waals surface area contributed by atoms with Crippen LogP contribution in [-0.4, -0.2) is 49.3 Å². The largest absolute Gasteiger partial charge is 0.385 e. The Bertz CT molecular complexity index is 371. The summed E-state index contributed by atoms with van der Waals surface area (Å²) in [6.45, 7) is 8.97. The number of amides is 1. The lowest BCUT2D eigenvalue weighted by atomic mass is 9.98. The molecule has 0 radical (unpaired) electrons. The maximum absolute atomic E-state index is 11.9. The summed E-state index contributed by atoms with van der Waals surface area (Å²) in [5.74, 6) is 0.285. The summed E-state index contributed by atoms with van der Waals surface area (Å²) in [7, 11) is 1.78. The smallest absolute Gasteiger partial charge is 0.222 e. The Balaban J connectivity index is 0. The molecule has 28 heavy (non-hydrogen) atoms. The minimum absolute atomic E-state index is 0. The quantitative estimate of drug-likeness (QED) is 0.273. The van der Waals surface area contributed by atoms with Gasteiger partial charge in [0.05, 0.1) is 11.6 Å². The summed E-state index contributed by atoms with van der Waals surface area (Å²) in [5.41, 5.74) is -0.261. The van der Waals surface area contributed by atoms with Gasteiger partial charge in [-0.15, -0.1) is 0 Å². The topological polar surface area (TPSA) is 38.8 Å². The van der Waals surface area contributed by atoms with E-state index in [0.29, 0.717) is 6.42 Å². The Kier molecular flexibility index (Phi) is 18.2. The van der Waals surface area contributed by atoms with Gasteiger partial charge in [0.25, 0.3) is 0 Å². The lowest BCUT2D eigenvalue weighted by Crippen LogP contribution is -2.49. The second kappa shape index (κ2) is 17.3. The molecule has 0 aromatic rings. The van der Waals surface area contributed by atoms with Crippen LogP contribution in [-0.2, 0) is 14.3 Å². The number of hydrogen-bond donors (Lipinski definition) is 0. The number of carbonyl (C=O) groups is 1. The molecule has 0 saturated carbocycles. The van der Waals surface area contributed by atoms with Crippen LogP contribution in [0.15, 0.2) is 0 Å². The Morgan fingerprint density at radius 1 is 0.893 bits per heavy atom. The van der Waals surface area contributed by atoms with Crippen molar-refractivity contribution in [2.75, 3.05) is 26.9 Å². The van der Waals surface area contributed by atoms with Gasteiger partial charge in [0, 0.05) is 33.3 Å². The third-order valence-electron chi connectivity index (χ3n) is 5.80. The standard InChI is InChI=1S/C22H43NO3.2CH4/c1-20(23-17-15-16-21(23)24)22(2,3)26-19-14-12-10-8-6-5-7-9-11-13-18-25-4;;/h20H,5-19H2,1-4H3;2*1H4. The molecule has 1 atom stereocenters. The van der Waals surface area contributed by atoms with E-state index in [0.717, 1.165) is 32.6 Å². The first-order valence-corrected chi connectivity index (χ1v) is 10.9. The van der Waals surface area contributed by atoms with Gasteiger partial charge in [0.15, 0.2) is 0 Å². The zero-order valence-electron chi connectivity index (χ0n) is 17.9. The van der Waals surface area contributed by atoms with Gasteiger partial charge in [-0.05, 0) is 40.0 Å². The highest BCUT2D eigenvalue weighted by atomic mass is 16.5. The Hall–Kier alpha value is -0.610. The van der Waals surface area contributed by atoms with Crippen LogP contribution < -0.4 is 0 Å². The van der Waals surface area contributed by atoms with E-state index in [-0.39, 0.29) is 32.4 Å². The molecule has 1 unspecified atom stereocenters. The van der Waals surface area contributed by atoms with Crippen molar-refractivity contribution in [2.24, 2.45) is 0 Å². The molecule has 170 valence electrons. The Morgan fingerprint density at radius 2 is 1.36 bits per heavy atom. The van der Waals surface area contributed by atoms with Crippen molar-refractivity contribution in [3.8, 4) is 0 Å². The molecule has 1 amide bonds. The number of hydrogen-bond acceptors (Lipinski definition) is 3. The highest BCUT2D eigenvalue weighted by Gasteiger charge is 2.35. The molecule has 0 bridgehead atoms. The van der Waals surface area contributed by atoms with Crippen LogP contribution in [0.4, 0.5) is 0 Å². The second-order valence-corrected chi connectivity index (χ2v) is 8.35. The lowest BCUT2D eigenvalue weighted by molar-refractivity contribution is -0.137. The average Bonchev–Trinajstić information content (AvgIpc) is 3.04. The summed E-state index contributed by atoms with van der Waals surface area (Å²) in [4.78, 5) is 13.9.